The van der Waals surface area contributed by atoms with Gasteiger partial charge in [0.05, 0.1) is 31.5 Å². The number of rotatable bonds is 9. The molecule has 2 heterocycles. The molecule has 1 aromatic carbocycles. The Hall–Kier alpha value is -3.79. The molecule has 0 aliphatic rings. The van der Waals surface area contributed by atoms with Gasteiger partial charge in [0.15, 0.2) is 0 Å². The summed E-state index contributed by atoms with van der Waals surface area (Å²) in [6.45, 7) is 4.92. The molecule has 0 bridgehead atoms. The number of hydrogen-bond donors (Lipinski definition) is 1. The SMILES string of the molecule is COc1ccc(F)cc1C(O)Cn1cc(/C(C)=N/OC(C)C)c(=O)n(Cc2ccncc2)c1=O. The Balaban J connectivity index is 2.10. The van der Waals surface area contributed by atoms with E-state index in [0.717, 1.165) is 10.6 Å². The van der Waals surface area contributed by atoms with Crippen LogP contribution in [0.3, 0.4) is 0 Å². The average Bonchev–Trinajstić information content (AvgIpc) is 2.82. The molecule has 0 amide bonds. The highest BCUT2D eigenvalue weighted by Gasteiger charge is 2.20. The maximum Gasteiger partial charge on any atom is 0.331 e. The Morgan fingerprint density at radius 2 is 1.91 bits per heavy atom. The van der Waals surface area contributed by atoms with E-state index in [0.29, 0.717) is 5.56 Å². The molecule has 2 aromatic heterocycles. The third-order valence-electron chi connectivity index (χ3n) is 5.04. The average molecular weight is 471 g/mol. The largest absolute Gasteiger partial charge is 0.496 e. The van der Waals surface area contributed by atoms with Gasteiger partial charge in [0, 0.05) is 24.2 Å². The highest BCUT2D eigenvalue weighted by Crippen LogP contribution is 2.26. The van der Waals surface area contributed by atoms with Gasteiger partial charge in [-0.15, -0.1) is 0 Å². The van der Waals surface area contributed by atoms with Crippen molar-refractivity contribution in [1.82, 2.24) is 14.1 Å². The summed E-state index contributed by atoms with van der Waals surface area (Å²) in [6, 6.07) is 7.14. The first-order chi connectivity index (χ1) is 16.2. The second-order valence-electron chi connectivity index (χ2n) is 7.96. The fourth-order valence-electron chi connectivity index (χ4n) is 3.33. The van der Waals surface area contributed by atoms with Gasteiger partial charge >= 0.3 is 5.69 Å². The molecule has 3 aromatic rings. The van der Waals surface area contributed by atoms with Crippen molar-refractivity contribution in [1.29, 1.82) is 0 Å². The van der Waals surface area contributed by atoms with Crippen LogP contribution in [0.1, 0.15) is 43.6 Å². The van der Waals surface area contributed by atoms with E-state index in [9.17, 15) is 19.1 Å². The second-order valence-corrected chi connectivity index (χ2v) is 7.96. The molecule has 0 aliphatic heterocycles. The van der Waals surface area contributed by atoms with E-state index in [2.05, 4.69) is 10.1 Å². The van der Waals surface area contributed by atoms with E-state index in [4.69, 9.17) is 9.57 Å². The summed E-state index contributed by atoms with van der Waals surface area (Å²) in [5.41, 5.74) is 0.0816. The van der Waals surface area contributed by atoms with Gasteiger partial charge in [-0.05, 0) is 56.7 Å². The Morgan fingerprint density at radius 1 is 1.21 bits per heavy atom. The zero-order chi connectivity index (χ0) is 24.8. The Kier molecular flexibility index (Phi) is 7.95. The minimum absolute atomic E-state index is 0.00821. The molecule has 0 radical (unpaired) electrons. The first-order valence-electron chi connectivity index (χ1n) is 10.7. The van der Waals surface area contributed by atoms with E-state index < -0.39 is 23.2 Å². The van der Waals surface area contributed by atoms with Crippen LogP contribution in [0.5, 0.6) is 5.75 Å². The van der Waals surface area contributed by atoms with Gasteiger partial charge in [0.2, 0.25) is 0 Å². The number of methoxy groups -OCH3 is 1. The number of aliphatic hydroxyl groups excluding tert-OH is 1. The molecule has 0 saturated carbocycles. The van der Waals surface area contributed by atoms with Crippen molar-refractivity contribution in [2.75, 3.05) is 7.11 Å². The lowest BCUT2D eigenvalue weighted by atomic mass is 10.1. The summed E-state index contributed by atoms with van der Waals surface area (Å²) in [4.78, 5) is 35.7. The minimum atomic E-state index is -1.28. The number of nitrogens with zero attached hydrogens (tertiary/aromatic N) is 4. The van der Waals surface area contributed by atoms with E-state index in [1.54, 1.807) is 45.3 Å². The van der Waals surface area contributed by atoms with Crippen LogP contribution < -0.4 is 16.0 Å². The number of oxime groups is 1. The fraction of sp³-hybridized carbons (Fsp3) is 0.333. The molecule has 3 rings (SSSR count). The lowest BCUT2D eigenvalue weighted by Crippen LogP contribution is -2.43. The lowest BCUT2D eigenvalue weighted by Gasteiger charge is -2.18. The van der Waals surface area contributed by atoms with Crippen LogP contribution in [0.15, 0.2) is 63.7 Å². The molecule has 1 N–H and O–H groups in total. The Bertz CT molecular complexity index is 1280. The maximum atomic E-state index is 13.8. The number of pyridine rings is 1. The van der Waals surface area contributed by atoms with Gasteiger partial charge < -0.3 is 14.7 Å². The zero-order valence-electron chi connectivity index (χ0n) is 19.4. The molecule has 1 atom stereocenters. The first kappa shape index (κ1) is 24.8. The van der Waals surface area contributed by atoms with Crippen LogP contribution in [0.4, 0.5) is 4.39 Å². The van der Waals surface area contributed by atoms with Crippen molar-refractivity contribution in [2.24, 2.45) is 5.16 Å². The van der Waals surface area contributed by atoms with E-state index in [1.165, 1.54) is 30.0 Å². The third kappa shape index (κ3) is 5.76. The van der Waals surface area contributed by atoms with Crippen molar-refractivity contribution in [3.8, 4) is 5.75 Å². The van der Waals surface area contributed by atoms with Crippen LogP contribution in [-0.4, -0.2) is 38.2 Å². The standard InChI is InChI=1S/C24H27FN4O5/c1-15(2)34-27-16(3)20-13-28(14-21(30)19-11-18(25)5-6-22(19)33-4)24(32)29(23(20)31)12-17-7-9-26-10-8-17/h5-11,13,15,21,30H,12,14H2,1-4H3/b27-16+. The lowest BCUT2D eigenvalue weighted by molar-refractivity contribution is 0.0859. The summed E-state index contributed by atoms with van der Waals surface area (Å²) in [6.07, 6.45) is 2.96. The second kappa shape index (κ2) is 10.9. The van der Waals surface area contributed by atoms with Crippen LogP contribution in [0.25, 0.3) is 0 Å². The van der Waals surface area contributed by atoms with Gasteiger partial charge in [-0.2, -0.15) is 0 Å². The number of aliphatic hydroxyl groups is 1. The highest BCUT2D eigenvalue weighted by atomic mass is 19.1. The van der Waals surface area contributed by atoms with Crippen molar-refractivity contribution in [3.05, 3.63) is 92.3 Å². The predicted molar refractivity (Wildman–Crippen MR) is 125 cm³/mol. The van der Waals surface area contributed by atoms with Crippen molar-refractivity contribution in [2.45, 2.75) is 46.1 Å². The molecule has 0 fully saturated rings. The molecule has 9 nitrogen and oxygen atoms in total. The summed E-state index contributed by atoms with van der Waals surface area (Å²) in [7, 11) is 1.40. The number of aromatic nitrogens is 3. The smallest absolute Gasteiger partial charge is 0.331 e. The number of ether oxygens (including phenoxy) is 1. The quantitative estimate of drug-likeness (QED) is 0.380. The first-order valence-corrected chi connectivity index (χ1v) is 10.7. The molecule has 10 heteroatoms. The van der Waals surface area contributed by atoms with Crippen LogP contribution in [0, 0.1) is 5.82 Å². The van der Waals surface area contributed by atoms with Crippen molar-refractivity contribution in [3.63, 3.8) is 0 Å². The van der Waals surface area contributed by atoms with E-state index in [1.807, 2.05) is 0 Å². The summed E-state index contributed by atoms with van der Waals surface area (Å²) in [5, 5.41) is 14.8. The Labute approximate surface area is 195 Å². The van der Waals surface area contributed by atoms with E-state index >= 15 is 0 Å². The normalized spacial score (nSPS) is 12.6. The molecule has 0 aliphatic carbocycles. The molecular formula is C24H27FN4O5. The highest BCUT2D eigenvalue weighted by molar-refractivity contribution is 5.97. The fourth-order valence-corrected chi connectivity index (χ4v) is 3.33. The van der Waals surface area contributed by atoms with E-state index in [-0.39, 0.29) is 41.8 Å². The molecule has 1 unspecified atom stereocenters. The molecule has 180 valence electrons. The van der Waals surface area contributed by atoms with Gasteiger partial charge in [0.25, 0.3) is 5.56 Å². The Morgan fingerprint density at radius 3 is 2.56 bits per heavy atom. The minimum Gasteiger partial charge on any atom is -0.496 e. The predicted octanol–water partition coefficient (Wildman–Crippen LogP) is 2.48. The maximum absolute atomic E-state index is 13.8. The van der Waals surface area contributed by atoms with Gasteiger partial charge in [-0.25, -0.2) is 9.18 Å². The molecular weight excluding hydrogens is 443 g/mol. The monoisotopic (exact) mass is 470 g/mol. The number of hydrogen-bond acceptors (Lipinski definition) is 7. The summed E-state index contributed by atoms with van der Waals surface area (Å²) in [5.74, 6) is -0.283. The summed E-state index contributed by atoms with van der Waals surface area (Å²) >= 11 is 0. The van der Waals surface area contributed by atoms with Crippen LogP contribution >= 0.6 is 0 Å². The molecule has 34 heavy (non-hydrogen) atoms. The van der Waals surface area contributed by atoms with Gasteiger partial charge in [-0.1, -0.05) is 5.16 Å². The van der Waals surface area contributed by atoms with Crippen molar-refractivity contribution >= 4 is 5.71 Å². The van der Waals surface area contributed by atoms with Gasteiger partial charge in [-0.3, -0.25) is 18.9 Å². The molecule has 0 spiro atoms. The summed E-state index contributed by atoms with van der Waals surface area (Å²) < 4.78 is 21.3. The van der Waals surface area contributed by atoms with Gasteiger partial charge in [0.1, 0.15) is 23.8 Å². The van der Waals surface area contributed by atoms with Crippen molar-refractivity contribution < 1.29 is 19.1 Å². The number of benzene rings is 1. The van der Waals surface area contributed by atoms with Crippen LogP contribution in [-0.2, 0) is 17.9 Å². The zero-order valence-corrected chi connectivity index (χ0v) is 19.4. The number of halogens is 1. The topological polar surface area (TPSA) is 108 Å². The van der Waals surface area contributed by atoms with Crippen LogP contribution in [0.2, 0.25) is 0 Å². The molecule has 0 saturated heterocycles. The third-order valence-corrected chi connectivity index (χ3v) is 5.04.